The Hall–Kier alpha value is -5.69. The van der Waals surface area contributed by atoms with Crippen LogP contribution in [-0.2, 0) is 33.0 Å². The highest BCUT2D eigenvalue weighted by molar-refractivity contribution is 9.12. The SMILES string of the molecule is C=C(Br)C(=O)Nc1cc(C(=O)Nc2cc(C(=O)Nc3cc(C(=O)Nc4cc(C(=O)NCCC(=N)N)n(C)n4)n(C)n3)n(C)c2)n(C)c1.Cl. The zero-order chi connectivity index (χ0) is 34.6. The molecule has 18 nitrogen and oxygen atoms in total. The number of rotatable bonds is 12. The van der Waals surface area contributed by atoms with Gasteiger partial charge >= 0.3 is 0 Å². The highest BCUT2D eigenvalue weighted by Gasteiger charge is 2.21. The molecule has 0 unspecified atom stereocenters. The van der Waals surface area contributed by atoms with Crippen LogP contribution in [0.3, 0.4) is 0 Å². The van der Waals surface area contributed by atoms with E-state index in [1.807, 2.05) is 0 Å². The lowest BCUT2D eigenvalue weighted by Gasteiger charge is -2.03. The fraction of sp³-hybridized carbons (Fsp3) is 0.214. The Labute approximate surface area is 288 Å². The number of aryl methyl sites for hydroxylation is 4. The van der Waals surface area contributed by atoms with Crippen LogP contribution in [0, 0.1) is 5.41 Å². The number of amides is 5. The molecule has 4 heterocycles. The van der Waals surface area contributed by atoms with Gasteiger partial charge in [-0.15, -0.1) is 12.4 Å². The predicted octanol–water partition coefficient (Wildman–Crippen LogP) is 1.91. The second kappa shape index (κ2) is 15.3. The third-order valence-corrected chi connectivity index (χ3v) is 6.99. The molecule has 0 radical (unpaired) electrons. The topological polar surface area (TPSA) is 241 Å². The Balaban J connectivity index is 0.00000625. The first-order valence-corrected chi connectivity index (χ1v) is 14.5. The Morgan fingerprint density at radius 1 is 0.750 bits per heavy atom. The van der Waals surface area contributed by atoms with E-state index in [1.54, 1.807) is 26.5 Å². The number of anilines is 4. The van der Waals surface area contributed by atoms with Crippen molar-refractivity contribution >= 4 is 86.7 Å². The van der Waals surface area contributed by atoms with Gasteiger partial charge < -0.3 is 41.5 Å². The number of aromatic nitrogens is 6. The first-order valence-electron chi connectivity index (χ1n) is 13.7. The van der Waals surface area contributed by atoms with E-state index in [2.05, 4.69) is 59.3 Å². The molecule has 0 saturated heterocycles. The van der Waals surface area contributed by atoms with Crippen molar-refractivity contribution in [2.75, 3.05) is 27.8 Å². The Kier molecular flexibility index (Phi) is 11.7. The molecule has 0 saturated carbocycles. The first-order chi connectivity index (χ1) is 22.1. The summed E-state index contributed by atoms with van der Waals surface area (Å²) < 4.78 is 5.75. The molecule has 0 aliphatic carbocycles. The molecule has 254 valence electrons. The summed E-state index contributed by atoms with van der Waals surface area (Å²) in [7, 11) is 6.32. The van der Waals surface area contributed by atoms with Crippen molar-refractivity contribution in [2.24, 2.45) is 33.9 Å². The molecule has 0 fully saturated rings. The van der Waals surface area contributed by atoms with E-state index < -0.39 is 29.5 Å². The van der Waals surface area contributed by atoms with E-state index in [0.29, 0.717) is 11.4 Å². The Morgan fingerprint density at radius 3 is 1.67 bits per heavy atom. The Morgan fingerprint density at radius 2 is 1.19 bits per heavy atom. The summed E-state index contributed by atoms with van der Waals surface area (Å²) in [4.78, 5) is 63.3. The lowest BCUT2D eigenvalue weighted by molar-refractivity contribution is -0.112. The summed E-state index contributed by atoms with van der Waals surface area (Å²) >= 11 is 3.00. The van der Waals surface area contributed by atoms with Crippen molar-refractivity contribution in [1.29, 1.82) is 5.41 Å². The van der Waals surface area contributed by atoms with Crippen LogP contribution < -0.4 is 32.3 Å². The zero-order valence-electron chi connectivity index (χ0n) is 26.2. The molecule has 0 bridgehead atoms. The lowest BCUT2D eigenvalue weighted by atomic mass is 10.3. The monoisotopic (exact) mass is 745 g/mol. The summed E-state index contributed by atoms with van der Waals surface area (Å²) in [5.41, 5.74) is 6.76. The van der Waals surface area contributed by atoms with Gasteiger partial charge in [-0.3, -0.25) is 38.7 Å². The normalized spacial score (nSPS) is 10.4. The van der Waals surface area contributed by atoms with Crippen LogP contribution in [0.15, 0.2) is 47.7 Å². The van der Waals surface area contributed by atoms with E-state index in [-0.39, 0.29) is 70.1 Å². The minimum Gasteiger partial charge on any atom is -0.388 e. The molecule has 0 aliphatic rings. The van der Waals surface area contributed by atoms with Gasteiger partial charge in [0.1, 0.15) is 22.8 Å². The second-order valence-corrected chi connectivity index (χ2v) is 11.2. The largest absolute Gasteiger partial charge is 0.388 e. The first kappa shape index (κ1) is 36.8. The summed E-state index contributed by atoms with van der Waals surface area (Å²) in [6.45, 7) is 3.68. The summed E-state index contributed by atoms with van der Waals surface area (Å²) in [5, 5.41) is 28.8. The van der Waals surface area contributed by atoms with Crippen molar-refractivity contribution in [3.05, 3.63) is 70.5 Å². The van der Waals surface area contributed by atoms with Crippen molar-refractivity contribution in [2.45, 2.75) is 6.42 Å². The average molecular weight is 747 g/mol. The van der Waals surface area contributed by atoms with E-state index in [0.717, 1.165) is 0 Å². The van der Waals surface area contributed by atoms with Gasteiger partial charge in [0.2, 0.25) is 0 Å². The van der Waals surface area contributed by atoms with Gasteiger partial charge in [0.15, 0.2) is 11.6 Å². The summed E-state index contributed by atoms with van der Waals surface area (Å²) in [6.07, 6.45) is 3.32. The minimum absolute atomic E-state index is 0. The van der Waals surface area contributed by atoms with Crippen molar-refractivity contribution < 1.29 is 24.0 Å². The number of nitrogens with zero attached hydrogens (tertiary/aromatic N) is 6. The fourth-order valence-corrected chi connectivity index (χ4v) is 4.45. The molecule has 48 heavy (non-hydrogen) atoms. The quantitative estimate of drug-likeness (QED) is 0.0640. The number of nitrogens with one attached hydrogen (secondary N) is 6. The molecule has 0 aliphatic heterocycles. The van der Waals surface area contributed by atoms with E-state index >= 15 is 0 Å². The van der Waals surface area contributed by atoms with Crippen LogP contribution in [0.25, 0.3) is 0 Å². The molecule has 8 N–H and O–H groups in total. The van der Waals surface area contributed by atoms with Crippen LogP contribution in [-0.4, -0.2) is 70.6 Å². The Bertz CT molecular complexity index is 1940. The standard InChI is InChI=1S/C28H32BrN13O5.ClH/c1-14(29)24(43)33-15-8-17(39(2)12-15)26(45)34-16-9-18(40(3)13-16)27(46)35-23-11-20(42(5)38-23)28(47)36-22-10-19(41(4)37-22)25(44)32-7-6-21(30)31;/h8-13H,1,6-7H2,2-5H3,(H3,30,31)(H,32,44)(H,33,43)(H,34,45)(H,35,38,46)(H,36,37,47);1H. The maximum atomic E-state index is 13.1. The van der Waals surface area contributed by atoms with E-state index in [4.69, 9.17) is 11.1 Å². The molecule has 5 amide bonds. The van der Waals surface area contributed by atoms with E-state index in [1.165, 1.54) is 56.9 Å². The third-order valence-electron chi connectivity index (χ3n) is 6.63. The fourth-order valence-electron chi connectivity index (χ4n) is 4.35. The lowest BCUT2D eigenvalue weighted by Crippen LogP contribution is -2.29. The van der Waals surface area contributed by atoms with Gasteiger partial charge in [0.25, 0.3) is 29.5 Å². The number of carbonyl (C=O) groups excluding carboxylic acids is 5. The molecule has 4 aromatic rings. The van der Waals surface area contributed by atoms with Crippen LogP contribution in [0.4, 0.5) is 23.0 Å². The molecule has 0 atom stereocenters. The number of nitrogens with two attached hydrogens (primary N) is 1. The number of hydrogen-bond donors (Lipinski definition) is 7. The maximum absolute atomic E-state index is 13.1. The van der Waals surface area contributed by atoms with Gasteiger partial charge in [-0.25, -0.2) is 0 Å². The van der Waals surface area contributed by atoms with Crippen LogP contribution >= 0.6 is 28.3 Å². The smallest absolute Gasteiger partial charge is 0.275 e. The number of hydrogen-bond acceptors (Lipinski definition) is 8. The van der Waals surface area contributed by atoms with Gasteiger partial charge in [-0.05, 0) is 28.1 Å². The molecule has 4 aromatic heterocycles. The molecule has 20 heteroatoms. The zero-order valence-corrected chi connectivity index (χ0v) is 28.6. The highest BCUT2D eigenvalue weighted by atomic mass is 79.9. The highest BCUT2D eigenvalue weighted by Crippen LogP contribution is 2.20. The van der Waals surface area contributed by atoms with Gasteiger partial charge in [0.05, 0.1) is 21.7 Å². The summed E-state index contributed by atoms with van der Waals surface area (Å²) in [6, 6.07) is 5.73. The van der Waals surface area contributed by atoms with Crippen LogP contribution in [0.1, 0.15) is 48.4 Å². The van der Waals surface area contributed by atoms with E-state index in [9.17, 15) is 24.0 Å². The van der Waals surface area contributed by atoms with Crippen molar-refractivity contribution in [3.8, 4) is 0 Å². The van der Waals surface area contributed by atoms with Gasteiger partial charge in [-0.1, -0.05) is 6.58 Å². The molecule has 4 rings (SSSR count). The average Bonchev–Trinajstić information content (AvgIpc) is 3.73. The maximum Gasteiger partial charge on any atom is 0.275 e. The van der Waals surface area contributed by atoms with Gasteiger partial charge in [0, 0.05) is 65.7 Å². The minimum atomic E-state index is -0.591. The van der Waals surface area contributed by atoms with Crippen LogP contribution in [0.2, 0.25) is 0 Å². The molecular weight excluding hydrogens is 714 g/mol. The second-order valence-electron chi connectivity index (χ2n) is 10.3. The molecular formula is C28H33BrClN13O5. The van der Waals surface area contributed by atoms with Gasteiger partial charge in [-0.2, -0.15) is 10.2 Å². The third kappa shape index (κ3) is 8.76. The van der Waals surface area contributed by atoms with Crippen LogP contribution in [0.5, 0.6) is 0 Å². The van der Waals surface area contributed by atoms with Crippen molar-refractivity contribution in [3.63, 3.8) is 0 Å². The molecule has 0 spiro atoms. The number of carbonyl (C=O) groups is 5. The predicted molar refractivity (Wildman–Crippen MR) is 184 cm³/mol. The summed E-state index contributed by atoms with van der Waals surface area (Å²) in [5.74, 6) is -2.38. The van der Waals surface area contributed by atoms with Crippen molar-refractivity contribution in [1.82, 2.24) is 34.0 Å². The molecule has 0 aromatic carbocycles. The number of halogens is 2. The number of amidine groups is 1.